The number of anilines is 1. The van der Waals surface area contributed by atoms with Crippen molar-refractivity contribution in [2.45, 2.75) is 32.0 Å². The van der Waals surface area contributed by atoms with Crippen molar-refractivity contribution >= 4 is 23.2 Å². The fourth-order valence-corrected chi connectivity index (χ4v) is 3.99. The van der Waals surface area contributed by atoms with E-state index in [-0.39, 0.29) is 22.8 Å². The summed E-state index contributed by atoms with van der Waals surface area (Å²) in [6.07, 6.45) is 1.50. The van der Waals surface area contributed by atoms with Crippen molar-refractivity contribution < 1.29 is 19.4 Å². The predicted octanol–water partition coefficient (Wildman–Crippen LogP) is 4.19. The Labute approximate surface area is 169 Å². The average molecular weight is 403 g/mol. The lowest BCUT2D eigenvalue weighted by Crippen LogP contribution is -2.46. The Balaban J connectivity index is 1.75. The minimum atomic E-state index is -0.441. The molecular formula is C21H23ClN2O4. The Morgan fingerprint density at radius 3 is 2.93 bits per heavy atom. The minimum Gasteiger partial charge on any atom is -0.503 e. The predicted molar refractivity (Wildman–Crippen MR) is 107 cm³/mol. The first-order valence-corrected chi connectivity index (χ1v) is 9.89. The Bertz CT molecular complexity index is 883. The number of carbonyl (C=O) groups excluding carboxylic acids is 1. The lowest BCUT2D eigenvalue weighted by molar-refractivity contribution is 0.0426. The molecule has 2 aromatic rings. The standard InChI is InChI=1S/C21H23ClN2O4/c1-2-27-18-11-13(10-16(22)19(18)25)20-23-17-8-4-3-7-15(17)21(26)24(20)12-14-6-5-9-28-14/h3-4,7-8,10-11,14,20,23,25H,2,5-6,9,12H2,1H3/t14-,20-/m1/s1. The number of hydrogen-bond acceptors (Lipinski definition) is 5. The van der Waals surface area contributed by atoms with Gasteiger partial charge in [0.05, 0.1) is 23.3 Å². The number of halogens is 1. The molecule has 2 N–H and O–H groups in total. The monoisotopic (exact) mass is 402 g/mol. The van der Waals surface area contributed by atoms with Crippen molar-refractivity contribution in [3.8, 4) is 11.5 Å². The molecule has 7 heteroatoms. The number of phenolic OH excluding ortho intramolecular Hbond substituents is 1. The second-order valence-electron chi connectivity index (χ2n) is 6.97. The molecule has 148 valence electrons. The fraction of sp³-hybridized carbons (Fsp3) is 0.381. The van der Waals surface area contributed by atoms with Gasteiger partial charge in [0.25, 0.3) is 5.91 Å². The van der Waals surface area contributed by atoms with Crippen molar-refractivity contribution in [3.63, 3.8) is 0 Å². The highest BCUT2D eigenvalue weighted by Crippen LogP contribution is 2.40. The van der Waals surface area contributed by atoms with Gasteiger partial charge >= 0.3 is 0 Å². The van der Waals surface area contributed by atoms with E-state index in [1.807, 2.05) is 31.2 Å². The van der Waals surface area contributed by atoms with Crippen molar-refractivity contribution in [2.24, 2.45) is 0 Å². The van der Waals surface area contributed by atoms with Gasteiger partial charge in [0, 0.05) is 24.4 Å². The van der Waals surface area contributed by atoms with Crippen LogP contribution in [0, 0.1) is 0 Å². The van der Waals surface area contributed by atoms with Crippen LogP contribution in [0.25, 0.3) is 0 Å². The third-order valence-electron chi connectivity index (χ3n) is 5.11. The summed E-state index contributed by atoms with van der Waals surface area (Å²) in [5.74, 6) is 0.146. The molecule has 0 saturated carbocycles. The molecule has 0 spiro atoms. The number of phenols is 1. The molecule has 0 unspecified atom stereocenters. The molecule has 28 heavy (non-hydrogen) atoms. The Morgan fingerprint density at radius 1 is 1.36 bits per heavy atom. The molecule has 0 aromatic heterocycles. The lowest BCUT2D eigenvalue weighted by Gasteiger charge is -2.39. The van der Waals surface area contributed by atoms with Crippen LogP contribution >= 0.6 is 11.6 Å². The highest BCUT2D eigenvalue weighted by molar-refractivity contribution is 6.32. The second kappa shape index (κ2) is 7.89. The van der Waals surface area contributed by atoms with Gasteiger partial charge in [-0.15, -0.1) is 0 Å². The van der Waals surface area contributed by atoms with E-state index >= 15 is 0 Å². The van der Waals surface area contributed by atoms with Gasteiger partial charge in [-0.05, 0) is 44.0 Å². The maximum atomic E-state index is 13.3. The van der Waals surface area contributed by atoms with Crippen LogP contribution in [0.4, 0.5) is 5.69 Å². The van der Waals surface area contributed by atoms with E-state index in [9.17, 15) is 9.90 Å². The molecule has 1 fully saturated rings. The van der Waals surface area contributed by atoms with Crippen LogP contribution in [-0.4, -0.2) is 41.8 Å². The van der Waals surface area contributed by atoms with E-state index in [4.69, 9.17) is 21.1 Å². The third-order valence-corrected chi connectivity index (χ3v) is 5.40. The zero-order valence-electron chi connectivity index (χ0n) is 15.7. The number of hydrogen-bond donors (Lipinski definition) is 2. The number of rotatable bonds is 5. The molecule has 2 aliphatic rings. The molecule has 2 atom stereocenters. The van der Waals surface area contributed by atoms with Crippen LogP contribution in [-0.2, 0) is 4.74 Å². The molecule has 2 aliphatic heterocycles. The summed E-state index contributed by atoms with van der Waals surface area (Å²) in [7, 11) is 0. The number of nitrogens with one attached hydrogen (secondary N) is 1. The smallest absolute Gasteiger partial charge is 0.257 e. The Kier molecular flexibility index (Phi) is 5.33. The van der Waals surface area contributed by atoms with E-state index in [1.54, 1.807) is 17.0 Å². The molecule has 0 radical (unpaired) electrons. The van der Waals surface area contributed by atoms with Crippen LogP contribution < -0.4 is 10.1 Å². The van der Waals surface area contributed by atoms with Gasteiger partial charge in [0.15, 0.2) is 11.5 Å². The van der Waals surface area contributed by atoms with E-state index in [0.717, 1.165) is 30.7 Å². The van der Waals surface area contributed by atoms with Crippen LogP contribution in [0.5, 0.6) is 11.5 Å². The van der Waals surface area contributed by atoms with Gasteiger partial charge in [-0.2, -0.15) is 0 Å². The summed E-state index contributed by atoms with van der Waals surface area (Å²) < 4.78 is 11.3. The molecule has 1 saturated heterocycles. The zero-order valence-corrected chi connectivity index (χ0v) is 16.4. The molecule has 2 aromatic carbocycles. The molecular weight excluding hydrogens is 380 g/mol. The van der Waals surface area contributed by atoms with Gasteiger partial charge in [-0.25, -0.2) is 0 Å². The molecule has 6 nitrogen and oxygen atoms in total. The number of aromatic hydroxyl groups is 1. The van der Waals surface area contributed by atoms with Gasteiger partial charge in [0.1, 0.15) is 6.17 Å². The number of para-hydroxylation sites is 1. The number of ether oxygens (including phenoxy) is 2. The van der Waals surface area contributed by atoms with Crippen LogP contribution in [0.3, 0.4) is 0 Å². The van der Waals surface area contributed by atoms with Crippen LogP contribution in [0.1, 0.15) is 41.9 Å². The SMILES string of the molecule is CCOc1cc([C@@H]2Nc3ccccc3C(=O)N2C[C@H]2CCCO2)cc(Cl)c1O. The first kappa shape index (κ1) is 18.9. The van der Waals surface area contributed by atoms with Gasteiger partial charge < -0.3 is 24.8 Å². The second-order valence-corrected chi connectivity index (χ2v) is 7.37. The Hall–Kier alpha value is -2.44. The summed E-state index contributed by atoms with van der Waals surface area (Å²) in [4.78, 5) is 15.0. The van der Waals surface area contributed by atoms with Crippen molar-refractivity contribution in [1.29, 1.82) is 0 Å². The number of amides is 1. The quantitative estimate of drug-likeness (QED) is 0.784. The van der Waals surface area contributed by atoms with Gasteiger partial charge in [-0.3, -0.25) is 4.79 Å². The molecule has 0 aliphatic carbocycles. The summed E-state index contributed by atoms with van der Waals surface area (Å²) in [6, 6.07) is 10.8. The number of fused-ring (bicyclic) bond motifs is 1. The number of nitrogens with zero attached hydrogens (tertiary/aromatic N) is 1. The highest BCUT2D eigenvalue weighted by atomic mass is 35.5. The minimum absolute atomic E-state index is 0.0115. The molecule has 4 rings (SSSR count). The van der Waals surface area contributed by atoms with E-state index in [1.165, 1.54) is 0 Å². The maximum absolute atomic E-state index is 13.3. The number of benzene rings is 2. The van der Waals surface area contributed by atoms with Gasteiger partial charge in [0.2, 0.25) is 0 Å². The molecule has 2 heterocycles. The summed E-state index contributed by atoms with van der Waals surface area (Å²) in [6.45, 7) is 3.43. The highest BCUT2D eigenvalue weighted by Gasteiger charge is 2.35. The normalized spacial score (nSPS) is 21.4. The third kappa shape index (κ3) is 3.50. The fourth-order valence-electron chi connectivity index (χ4n) is 3.77. The first-order valence-electron chi connectivity index (χ1n) is 9.51. The molecule has 0 bridgehead atoms. The molecule has 1 amide bonds. The van der Waals surface area contributed by atoms with E-state index < -0.39 is 6.17 Å². The topological polar surface area (TPSA) is 71.0 Å². The summed E-state index contributed by atoms with van der Waals surface area (Å²) >= 11 is 6.24. The summed E-state index contributed by atoms with van der Waals surface area (Å²) in [5.41, 5.74) is 2.14. The largest absolute Gasteiger partial charge is 0.503 e. The maximum Gasteiger partial charge on any atom is 0.257 e. The Morgan fingerprint density at radius 2 is 2.18 bits per heavy atom. The van der Waals surface area contributed by atoms with E-state index in [0.29, 0.717) is 24.5 Å². The summed E-state index contributed by atoms with van der Waals surface area (Å²) in [5, 5.41) is 13.8. The van der Waals surface area contributed by atoms with Crippen molar-refractivity contribution in [2.75, 3.05) is 25.1 Å². The van der Waals surface area contributed by atoms with Crippen molar-refractivity contribution in [3.05, 3.63) is 52.5 Å². The van der Waals surface area contributed by atoms with Crippen LogP contribution in [0.15, 0.2) is 36.4 Å². The zero-order chi connectivity index (χ0) is 19.7. The van der Waals surface area contributed by atoms with E-state index in [2.05, 4.69) is 5.32 Å². The average Bonchev–Trinajstić information content (AvgIpc) is 3.21. The lowest BCUT2D eigenvalue weighted by atomic mass is 10.0. The van der Waals surface area contributed by atoms with Gasteiger partial charge in [-0.1, -0.05) is 23.7 Å². The first-order chi connectivity index (χ1) is 13.6. The van der Waals surface area contributed by atoms with Crippen molar-refractivity contribution in [1.82, 2.24) is 4.90 Å². The van der Waals surface area contributed by atoms with Crippen LogP contribution in [0.2, 0.25) is 5.02 Å². The number of carbonyl (C=O) groups is 1.